The minimum Gasteiger partial charge on any atom is -0.505 e. The van der Waals surface area contributed by atoms with Crippen LogP contribution in [0.4, 0.5) is 0 Å². The van der Waals surface area contributed by atoms with Gasteiger partial charge < -0.3 is 9.52 Å². The number of aromatic nitrogens is 2. The van der Waals surface area contributed by atoms with Gasteiger partial charge in [0, 0.05) is 11.8 Å². The van der Waals surface area contributed by atoms with Crippen LogP contribution in [0.15, 0.2) is 37.9 Å². The highest BCUT2D eigenvalue weighted by atomic mass is 79.9. The minimum absolute atomic E-state index is 0.0968. The highest BCUT2D eigenvalue weighted by molar-refractivity contribution is 9.10. The van der Waals surface area contributed by atoms with E-state index in [2.05, 4.69) is 22.9 Å². The van der Waals surface area contributed by atoms with Crippen molar-refractivity contribution in [2.45, 2.75) is 26.3 Å². The van der Waals surface area contributed by atoms with Crippen LogP contribution in [0.1, 0.15) is 24.9 Å². The average molecular weight is 431 g/mol. The molecular weight excluding hydrogens is 415 g/mol. The largest absolute Gasteiger partial charge is 0.505 e. The van der Waals surface area contributed by atoms with Crippen LogP contribution in [-0.2, 0) is 13.0 Å². The number of halogens is 1. The summed E-state index contributed by atoms with van der Waals surface area (Å²) in [5.74, 6) is 1.62. The van der Waals surface area contributed by atoms with Crippen molar-refractivity contribution < 1.29 is 9.52 Å². The number of hydrogen-bond acceptors (Lipinski definition) is 5. The Morgan fingerprint density at radius 1 is 1.35 bits per heavy atom. The molecule has 0 saturated carbocycles. The molecular formula is C18H16BBrN2O3S. The van der Waals surface area contributed by atoms with E-state index < -0.39 is 0 Å². The van der Waals surface area contributed by atoms with Crippen molar-refractivity contribution in [2.75, 3.05) is 0 Å². The predicted octanol–water partition coefficient (Wildman–Crippen LogP) is 2.93. The number of rotatable bonds is 4. The molecule has 0 aliphatic rings. The first-order valence-corrected chi connectivity index (χ1v) is 9.99. The van der Waals surface area contributed by atoms with Gasteiger partial charge >= 0.3 is 0 Å². The van der Waals surface area contributed by atoms with Gasteiger partial charge in [0.1, 0.15) is 22.2 Å². The van der Waals surface area contributed by atoms with Gasteiger partial charge in [0.05, 0.1) is 26.8 Å². The van der Waals surface area contributed by atoms with Gasteiger partial charge in [-0.25, -0.2) is 4.98 Å². The Balaban J connectivity index is 2.01. The second kappa shape index (κ2) is 6.59. The van der Waals surface area contributed by atoms with Gasteiger partial charge in [0.25, 0.3) is 5.56 Å². The SMILES string of the molecule is Bc1ccc(Cn2c(CCC)nc3sc4c(O)c(Br)ccc4c3c2=O)o1. The zero-order valence-corrected chi connectivity index (χ0v) is 16.8. The third-order valence-electron chi connectivity index (χ3n) is 4.35. The summed E-state index contributed by atoms with van der Waals surface area (Å²) in [6, 6.07) is 7.38. The summed E-state index contributed by atoms with van der Waals surface area (Å²) < 4.78 is 8.63. The molecule has 0 radical (unpaired) electrons. The number of fused-ring (bicyclic) bond motifs is 3. The normalized spacial score (nSPS) is 11.6. The van der Waals surface area contributed by atoms with E-state index in [4.69, 9.17) is 9.40 Å². The summed E-state index contributed by atoms with van der Waals surface area (Å²) in [5, 5.41) is 11.6. The van der Waals surface area contributed by atoms with Gasteiger partial charge in [-0.3, -0.25) is 9.36 Å². The van der Waals surface area contributed by atoms with Crippen molar-refractivity contribution in [2.24, 2.45) is 0 Å². The molecule has 0 aliphatic heterocycles. The van der Waals surface area contributed by atoms with Gasteiger partial charge in [-0.2, -0.15) is 0 Å². The third-order valence-corrected chi connectivity index (χ3v) is 6.10. The van der Waals surface area contributed by atoms with Gasteiger partial charge in [0.2, 0.25) is 0 Å². The summed E-state index contributed by atoms with van der Waals surface area (Å²) >= 11 is 4.68. The van der Waals surface area contributed by atoms with E-state index in [0.717, 1.165) is 29.1 Å². The highest BCUT2D eigenvalue weighted by Crippen LogP contribution is 2.40. The number of thiophene rings is 1. The first-order chi connectivity index (χ1) is 12.5. The van der Waals surface area contributed by atoms with Crippen LogP contribution in [0.2, 0.25) is 0 Å². The van der Waals surface area contributed by atoms with Crippen molar-refractivity contribution >= 4 is 61.1 Å². The molecule has 1 N–H and O–H groups in total. The van der Waals surface area contributed by atoms with Crippen molar-refractivity contribution in [1.82, 2.24) is 9.55 Å². The molecule has 0 aliphatic carbocycles. The fraction of sp³-hybridized carbons (Fsp3) is 0.222. The maximum atomic E-state index is 13.3. The van der Waals surface area contributed by atoms with E-state index in [9.17, 15) is 9.90 Å². The summed E-state index contributed by atoms with van der Waals surface area (Å²) in [7, 11) is 1.88. The molecule has 0 fully saturated rings. The molecule has 0 amide bonds. The molecule has 0 bridgehead atoms. The Bertz CT molecular complexity index is 1190. The molecule has 0 unspecified atom stereocenters. The lowest BCUT2D eigenvalue weighted by Crippen LogP contribution is -2.25. The fourth-order valence-electron chi connectivity index (χ4n) is 3.13. The quantitative estimate of drug-likeness (QED) is 0.505. The Morgan fingerprint density at radius 3 is 2.85 bits per heavy atom. The molecule has 4 aromatic rings. The lowest BCUT2D eigenvalue weighted by Gasteiger charge is -2.10. The van der Waals surface area contributed by atoms with Crippen LogP contribution >= 0.6 is 27.3 Å². The van der Waals surface area contributed by atoms with Crippen LogP contribution in [0.3, 0.4) is 0 Å². The van der Waals surface area contributed by atoms with Crippen LogP contribution in [-0.4, -0.2) is 22.5 Å². The maximum absolute atomic E-state index is 13.3. The molecule has 4 rings (SSSR count). The summed E-state index contributed by atoms with van der Waals surface area (Å²) in [4.78, 5) is 18.7. The van der Waals surface area contributed by atoms with Crippen LogP contribution in [0, 0.1) is 0 Å². The number of nitrogens with zero attached hydrogens (tertiary/aromatic N) is 2. The second-order valence-corrected chi connectivity index (χ2v) is 8.09. The number of furan rings is 1. The van der Waals surface area contributed by atoms with Crippen LogP contribution in [0.25, 0.3) is 20.3 Å². The predicted molar refractivity (Wildman–Crippen MR) is 111 cm³/mol. The number of aryl methyl sites for hydroxylation is 1. The van der Waals surface area contributed by atoms with E-state index >= 15 is 0 Å². The smallest absolute Gasteiger partial charge is 0.263 e. The van der Waals surface area contributed by atoms with Crippen molar-refractivity contribution in [3.05, 3.63) is 50.7 Å². The first-order valence-electron chi connectivity index (χ1n) is 8.38. The lowest BCUT2D eigenvalue weighted by molar-refractivity contribution is 0.479. The van der Waals surface area contributed by atoms with E-state index in [1.807, 2.05) is 26.0 Å². The molecule has 3 heterocycles. The van der Waals surface area contributed by atoms with E-state index in [1.54, 1.807) is 10.6 Å². The Morgan fingerprint density at radius 2 is 2.15 bits per heavy atom. The van der Waals surface area contributed by atoms with E-state index in [1.165, 1.54) is 11.3 Å². The van der Waals surface area contributed by atoms with Crippen molar-refractivity contribution in [3.8, 4) is 5.75 Å². The first kappa shape index (κ1) is 17.4. The van der Waals surface area contributed by atoms with Crippen LogP contribution < -0.4 is 11.2 Å². The number of phenolic OH excluding ortho intramolecular Hbond substituents is 1. The topological polar surface area (TPSA) is 68.3 Å². The molecule has 132 valence electrons. The van der Waals surface area contributed by atoms with Gasteiger partial charge in [-0.05, 0) is 40.5 Å². The van der Waals surface area contributed by atoms with E-state index in [0.29, 0.717) is 32.4 Å². The molecule has 0 saturated heterocycles. The third kappa shape index (κ3) is 2.77. The molecule has 5 nitrogen and oxygen atoms in total. The number of benzene rings is 1. The second-order valence-electron chi connectivity index (χ2n) is 6.24. The Kier molecular flexibility index (Phi) is 4.40. The lowest BCUT2D eigenvalue weighted by atomic mass is 10.1. The molecule has 8 heteroatoms. The maximum Gasteiger partial charge on any atom is 0.263 e. The van der Waals surface area contributed by atoms with Crippen LogP contribution in [0.5, 0.6) is 5.75 Å². The molecule has 0 spiro atoms. The monoisotopic (exact) mass is 430 g/mol. The summed E-state index contributed by atoms with van der Waals surface area (Å²) in [6.45, 7) is 2.41. The average Bonchev–Trinajstić information content (AvgIpc) is 3.18. The number of aromatic hydroxyl groups is 1. The molecule has 26 heavy (non-hydrogen) atoms. The molecule has 3 aromatic heterocycles. The van der Waals surface area contributed by atoms with Gasteiger partial charge in [-0.15, -0.1) is 11.3 Å². The summed E-state index contributed by atoms with van der Waals surface area (Å²) in [6.07, 6.45) is 1.59. The van der Waals surface area contributed by atoms with Crippen molar-refractivity contribution in [1.29, 1.82) is 0 Å². The van der Waals surface area contributed by atoms with Gasteiger partial charge in [-0.1, -0.05) is 13.0 Å². The highest BCUT2D eigenvalue weighted by Gasteiger charge is 2.19. The number of hydrogen-bond donors (Lipinski definition) is 1. The standard InChI is InChI=1S/C18H16BBrN2O3S/c1-2-3-13-21-17-14(10-5-6-11(20)15(23)16(10)26-17)18(24)22(13)8-9-4-7-12(19)25-9/h4-7,23H,2-3,8,19H2,1H3. The molecule has 0 atom stereocenters. The van der Waals surface area contributed by atoms with Gasteiger partial charge in [0.15, 0.2) is 7.85 Å². The number of phenols is 1. The van der Waals surface area contributed by atoms with Crippen molar-refractivity contribution in [3.63, 3.8) is 0 Å². The minimum atomic E-state index is -0.0968. The zero-order chi connectivity index (χ0) is 18.4. The Labute approximate surface area is 162 Å². The zero-order valence-electron chi connectivity index (χ0n) is 14.4. The Hall–Kier alpha value is -2.06. The summed E-state index contributed by atoms with van der Waals surface area (Å²) in [5.41, 5.74) is 0.718. The molecule has 1 aromatic carbocycles. The fourth-order valence-corrected chi connectivity index (χ4v) is 4.72. The van der Waals surface area contributed by atoms with E-state index in [-0.39, 0.29) is 11.3 Å².